The molecule has 0 aliphatic rings. The van der Waals surface area contributed by atoms with E-state index in [2.05, 4.69) is 64.2 Å². The second kappa shape index (κ2) is 8.15. The number of fused-ring (bicyclic) bond motifs is 1. The highest BCUT2D eigenvalue weighted by atomic mass is 35.5. The molecule has 0 unspecified atom stereocenters. The predicted molar refractivity (Wildman–Crippen MR) is 114 cm³/mol. The zero-order valence-electron chi connectivity index (χ0n) is 15.1. The van der Waals surface area contributed by atoms with Gasteiger partial charge in [0.25, 0.3) is 0 Å². The normalized spacial score (nSPS) is 11.2. The highest BCUT2D eigenvalue weighted by Crippen LogP contribution is 2.28. The molecule has 0 fully saturated rings. The second-order valence-corrected chi connectivity index (χ2v) is 7.81. The number of thioether (sulfide) groups is 1. The Balaban J connectivity index is 1.58. The first-order chi connectivity index (χ1) is 13.2. The first-order valence-electron chi connectivity index (χ1n) is 9.04. The van der Waals surface area contributed by atoms with Gasteiger partial charge in [0.1, 0.15) is 0 Å². The van der Waals surface area contributed by atoms with Gasteiger partial charge in [-0.1, -0.05) is 72.8 Å². The molecule has 0 saturated heterocycles. The zero-order valence-corrected chi connectivity index (χ0v) is 16.7. The predicted octanol–water partition coefficient (Wildman–Crippen LogP) is 6.45. The largest absolute Gasteiger partial charge is 0.302 e. The third-order valence-electron chi connectivity index (χ3n) is 4.45. The van der Waals surface area contributed by atoms with Crippen LogP contribution in [0, 0.1) is 0 Å². The van der Waals surface area contributed by atoms with Crippen molar-refractivity contribution in [1.29, 1.82) is 0 Å². The van der Waals surface area contributed by atoms with Crippen molar-refractivity contribution in [3.8, 4) is 11.4 Å². The first kappa shape index (κ1) is 18.1. The standard InChI is InChI=1S/C22H20ClN3S/c1-2-13-26-21(18-9-11-20(23)12-10-18)24-25-22(26)27-15-16-7-8-17-5-3-4-6-19(17)14-16/h3-12,14H,2,13,15H2,1H3. The molecule has 0 spiro atoms. The lowest BCUT2D eigenvalue weighted by Gasteiger charge is -2.09. The Morgan fingerprint density at radius 3 is 2.48 bits per heavy atom. The van der Waals surface area contributed by atoms with Crippen molar-refractivity contribution in [1.82, 2.24) is 14.8 Å². The maximum Gasteiger partial charge on any atom is 0.191 e. The van der Waals surface area contributed by atoms with Crippen molar-refractivity contribution in [2.45, 2.75) is 30.8 Å². The maximum absolute atomic E-state index is 6.02. The molecular weight excluding hydrogens is 374 g/mol. The number of aromatic nitrogens is 3. The number of benzene rings is 3. The lowest BCUT2D eigenvalue weighted by atomic mass is 10.1. The van der Waals surface area contributed by atoms with Crippen LogP contribution in [0.3, 0.4) is 0 Å². The summed E-state index contributed by atoms with van der Waals surface area (Å²) >= 11 is 7.75. The topological polar surface area (TPSA) is 30.7 Å². The Bertz CT molecular complexity index is 1060. The van der Waals surface area contributed by atoms with Crippen LogP contribution in [0.5, 0.6) is 0 Å². The van der Waals surface area contributed by atoms with E-state index in [1.54, 1.807) is 11.8 Å². The summed E-state index contributed by atoms with van der Waals surface area (Å²) in [6, 6.07) is 22.8. The van der Waals surface area contributed by atoms with Gasteiger partial charge in [0.05, 0.1) is 0 Å². The van der Waals surface area contributed by atoms with Gasteiger partial charge in [0, 0.05) is 22.9 Å². The molecule has 4 rings (SSSR count). The van der Waals surface area contributed by atoms with E-state index >= 15 is 0 Å². The molecule has 0 atom stereocenters. The summed E-state index contributed by atoms with van der Waals surface area (Å²) in [5.41, 5.74) is 2.33. The maximum atomic E-state index is 6.02. The van der Waals surface area contributed by atoms with Gasteiger partial charge in [0.2, 0.25) is 0 Å². The van der Waals surface area contributed by atoms with Gasteiger partial charge in [-0.05, 0) is 47.0 Å². The monoisotopic (exact) mass is 393 g/mol. The number of hydrogen-bond acceptors (Lipinski definition) is 3. The van der Waals surface area contributed by atoms with Crippen LogP contribution in [0.25, 0.3) is 22.2 Å². The average molecular weight is 394 g/mol. The highest BCUT2D eigenvalue weighted by Gasteiger charge is 2.14. The third-order valence-corrected chi connectivity index (χ3v) is 5.74. The van der Waals surface area contributed by atoms with Gasteiger partial charge in [-0.2, -0.15) is 0 Å². The Hall–Kier alpha value is -2.30. The Kier molecular flexibility index (Phi) is 5.46. The van der Waals surface area contributed by atoms with E-state index in [1.807, 2.05) is 24.3 Å². The summed E-state index contributed by atoms with van der Waals surface area (Å²) in [6.45, 7) is 3.06. The molecule has 0 amide bonds. The van der Waals surface area contributed by atoms with Gasteiger partial charge in [-0.15, -0.1) is 10.2 Å². The van der Waals surface area contributed by atoms with Crippen molar-refractivity contribution in [2.24, 2.45) is 0 Å². The SMILES string of the molecule is CCCn1c(SCc2ccc3ccccc3c2)nnc1-c1ccc(Cl)cc1. The van der Waals surface area contributed by atoms with E-state index in [-0.39, 0.29) is 0 Å². The minimum Gasteiger partial charge on any atom is -0.302 e. The molecule has 3 nitrogen and oxygen atoms in total. The lowest BCUT2D eigenvalue weighted by Crippen LogP contribution is -2.02. The fourth-order valence-electron chi connectivity index (χ4n) is 3.11. The molecule has 0 saturated carbocycles. The highest BCUT2D eigenvalue weighted by molar-refractivity contribution is 7.98. The third kappa shape index (κ3) is 4.02. The van der Waals surface area contributed by atoms with Gasteiger partial charge in [0.15, 0.2) is 11.0 Å². The Labute approximate surface area is 168 Å². The van der Waals surface area contributed by atoms with Crippen molar-refractivity contribution < 1.29 is 0 Å². The molecule has 0 aliphatic heterocycles. The first-order valence-corrected chi connectivity index (χ1v) is 10.4. The zero-order chi connectivity index (χ0) is 18.6. The van der Waals surface area contributed by atoms with Crippen LogP contribution in [0.1, 0.15) is 18.9 Å². The molecule has 0 radical (unpaired) electrons. The molecule has 5 heteroatoms. The van der Waals surface area contributed by atoms with Crippen LogP contribution in [0.15, 0.2) is 71.9 Å². The number of rotatable bonds is 6. The number of halogens is 1. The molecule has 136 valence electrons. The molecule has 4 aromatic rings. The van der Waals surface area contributed by atoms with Crippen molar-refractivity contribution >= 4 is 34.1 Å². The van der Waals surface area contributed by atoms with E-state index in [4.69, 9.17) is 11.6 Å². The van der Waals surface area contributed by atoms with Crippen molar-refractivity contribution in [2.75, 3.05) is 0 Å². The van der Waals surface area contributed by atoms with Crippen LogP contribution in [0.4, 0.5) is 0 Å². The summed E-state index contributed by atoms with van der Waals surface area (Å²) in [7, 11) is 0. The van der Waals surface area contributed by atoms with Gasteiger partial charge < -0.3 is 4.57 Å². The molecule has 3 aromatic carbocycles. The summed E-state index contributed by atoms with van der Waals surface area (Å²) in [6.07, 6.45) is 1.03. The van der Waals surface area contributed by atoms with Gasteiger partial charge in [-0.25, -0.2) is 0 Å². The fraction of sp³-hybridized carbons (Fsp3) is 0.182. The minimum absolute atomic E-state index is 0.728. The molecule has 27 heavy (non-hydrogen) atoms. The smallest absolute Gasteiger partial charge is 0.191 e. The quantitative estimate of drug-likeness (QED) is 0.352. The molecule has 0 aliphatic carbocycles. The minimum atomic E-state index is 0.728. The summed E-state index contributed by atoms with van der Waals surface area (Å²) in [5, 5.41) is 13.1. The summed E-state index contributed by atoms with van der Waals surface area (Å²) in [5.74, 6) is 1.77. The van der Waals surface area contributed by atoms with Crippen LogP contribution < -0.4 is 0 Å². The van der Waals surface area contributed by atoms with Crippen LogP contribution in [0.2, 0.25) is 5.02 Å². The van der Waals surface area contributed by atoms with Gasteiger partial charge in [-0.3, -0.25) is 0 Å². The molecule has 0 N–H and O–H groups in total. The molecule has 0 bridgehead atoms. The van der Waals surface area contributed by atoms with E-state index in [9.17, 15) is 0 Å². The van der Waals surface area contributed by atoms with Crippen LogP contribution in [-0.2, 0) is 12.3 Å². The van der Waals surface area contributed by atoms with E-state index < -0.39 is 0 Å². The average Bonchev–Trinajstić information content (AvgIpc) is 3.10. The molecule has 1 heterocycles. The number of nitrogens with zero attached hydrogens (tertiary/aromatic N) is 3. The molecular formula is C22H20ClN3S. The van der Waals surface area contributed by atoms with Crippen molar-refractivity contribution in [3.63, 3.8) is 0 Å². The number of hydrogen-bond donors (Lipinski definition) is 0. The Morgan fingerprint density at radius 1 is 0.926 bits per heavy atom. The lowest BCUT2D eigenvalue weighted by molar-refractivity contribution is 0.626. The van der Waals surface area contributed by atoms with E-state index in [1.165, 1.54) is 16.3 Å². The van der Waals surface area contributed by atoms with Gasteiger partial charge >= 0.3 is 0 Å². The van der Waals surface area contributed by atoms with Crippen LogP contribution >= 0.6 is 23.4 Å². The second-order valence-electron chi connectivity index (χ2n) is 6.43. The summed E-state index contributed by atoms with van der Waals surface area (Å²) < 4.78 is 2.20. The molecule has 1 aromatic heterocycles. The summed E-state index contributed by atoms with van der Waals surface area (Å²) in [4.78, 5) is 0. The fourth-order valence-corrected chi connectivity index (χ4v) is 4.14. The Morgan fingerprint density at radius 2 is 1.70 bits per heavy atom. The van der Waals surface area contributed by atoms with E-state index in [0.717, 1.165) is 40.3 Å². The van der Waals surface area contributed by atoms with Crippen LogP contribution in [-0.4, -0.2) is 14.8 Å². The van der Waals surface area contributed by atoms with E-state index in [0.29, 0.717) is 0 Å². The van der Waals surface area contributed by atoms with Crippen molar-refractivity contribution in [3.05, 3.63) is 77.3 Å².